The van der Waals surface area contributed by atoms with Gasteiger partial charge in [0.2, 0.25) is 5.13 Å². The first-order valence-electron chi connectivity index (χ1n) is 6.70. The number of aromatic nitrogens is 2. The number of urea groups is 1. The Morgan fingerprint density at radius 2 is 2.11 bits per heavy atom. The number of nitrogens with one attached hydrogen (secondary N) is 1. The van der Waals surface area contributed by atoms with Crippen molar-refractivity contribution in [2.24, 2.45) is 0 Å². The molecule has 19 heavy (non-hydrogen) atoms. The van der Waals surface area contributed by atoms with Crippen LogP contribution in [0, 0.1) is 0 Å². The van der Waals surface area contributed by atoms with E-state index in [2.05, 4.69) is 22.4 Å². The van der Waals surface area contributed by atoms with E-state index in [1.807, 2.05) is 6.92 Å². The van der Waals surface area contributed by atoms with Crippen molar-refractivity contribution in [1.82, 2.24) is 15.1 Å². The molecular weight excluding hydrogens is 264 g/mol. The molecule has 0 aliphatic carbocycles. The summed E-state index contributed by atoms with van der Waals surface area (Å²) in [7, 11) is 0. The third-order valence-corrected chi connectivity index (χ3v) is 3.47. The molecule has 6 nitrogen and oxygen atoms in total. The molecule has 0 radical (unpaired) electrons. The number of rotatable bonds is 8. The van der Waals surface area contributed by atoms with Crippen molar-refractivity contribution >= 4 is 22.5 Å². The fourth-order valence-electron chi connectivity index (χ4n) is 1.61. The molecule has 0 atom stereocenters. The molecule has 0 aliphatic heterocycles. The second-order valence-electron chi connectivity index (χ2n) is 4.25. The summed E-state index contributed by atoms with van der Waals surface area (Å²) >= 11 is 1.41. The Kier molecular flexibility index (Phi) is 7.35. The Hall–Kier alpha value is -1.21. The first-order valence-corrected chi connectivity index (χ1v) is 7.52. The first-order chi connectivity index (χ1) is 9.21. The minimum Gasteiger partial charge on any atom is -0.395 e. The zero-order valence-electron chi connectivity index (χ0n) is 11.6. The normalized spacial score (nSPS) is 10.5. The molecule has 0 saturated carbocycles. The molecule has 0 aromatic carbocycles. The lowest BCUT2D eigenvalue weighted by molar-refractivity contribution is 0.188. The summed E-state index contributed by atoms with van der Waals surface area (Å²) in [6.45, 7) is 5.03. The number of amides is 2. The van der Waals surface area contributed by atoms with Crippen LogP contribution in [-0.4, -0.2) is 45.9 Å². The number of carbonyl (C=O) groups excluding carboxylic acids is 1. The minimum atomic E-state index is -0.228. The van der Waals surface area contributed by atoms with E-state index in [1.54, 1.807) is 4.90 Å². The van der Waals surface area contributed by atoms with Gasteiger partial charge in [-0.25, -0.2) is 4.79 Å². The van der Waals surface area contributed by atoms with Crippen LogP contribution in [0.1, 0.15) is 38.1 Å². The van der Waals surface area contributed by atoms with Gasteiger partial charge in [0.25, 0.3) is 0 Å². The van der Waals surface area contributed by atoms with Gasteiger partial charge in [-0.3, -0.25) is 5.32 Å². The molecule has 0 fully saturated rings. The molecule has 0 aliphatic rings. The van der Waals surface area contributed by atoms with Gasteiger partial charge in [0, 0.05) is 19.5 Å². The van der Waals surface area contributed by atoms with Crippen LogP contribution in [0.25, 0.3) is 0 Å². The number of unbranched alkanes of at least 4 members (excludes halogenated alkanes) is 1. The predicted molar refractivity (Wildman–Crippen MR) is 76.5 cm³/mol. The summed E-state index contributed by atoms with van der Waals surface area (Å²) in [4.78, 5) is 13.5. The fraction of sp³-hybridized carbons (Fsp3) is 0.750. The van der Waals surface area contributed by atoms with Crippen molar-refractivity contribution in [2.45, 2.75) is 39.5 Å². The van der Waals surface area contributed by atoms with Crippen LogP contribution >= 0.6 is 11.3 Å². The van der Waals surface area contributed by atoms with Gasteiger partial charge in [-0.2, -0.15) is 0 Å². The monoisotopic (exact) mass is 286 g/mol. The maximum absolute atomic E-state index is 12.0. The molecule has 1 aromatic rings. The lowest BCUT2D eigenvalue weighted by atomic mass is 10.3. The van der Waals surface area contributed by atoms with Gasteiger partial charge in [0.15, 0.2) is 0 Å². The predicted octanol–water partition coefficient (Wildman–Crippen LogP) is 2.12. The second kappa shape index (κ2) is 8.82. The van der Waals surface area contributed by atoms with Gasteiger partial charge in [0.1, 0.15) is 5.01 Å². The first kappa shape index (κ1) is 15.8. The summed E-state index contributed by atoms with van der Waals surface area (Å²) in [6, 6.07) is -0.228. The van der Waals surface area contributed by atoms with E-state index >= 15 is 0 Å². The molecule has 7 heteroatoms. The largest absolute Gasteiger partial charge is 0.395 e. The summed E-state index contributed by atoms with van der Waals surface area (Å²) in [5.74, 6) is 0. The molecule has 0 unspecified atom stereocenters. The lowest BCUT2D eigenvalue weighted by Gasteiger charge is -2.20. The highest BCUT2D eigenvalue weighted by Crippen LogP contribution is 2.17. The molecule has 0 spiro atoms. The smallest absolute Gasteiger partial charge is 0.323 e. The third kappa shape index (κ3) is 5.52. The van der Waals surface area contributed by atoms with E-state index in [0.717, 1.165) is 30.7 Å². The van der Waals surface area contributed by atoms with Crippen molar-refractivity contribution in [3.8, 4) is 0 Å². The van der Waals surface area contributed by atoms with E-state index in [1.165, 1.54) is 11.3 Å². The fourth-order valence-corrected chi connectivity index (χ4v) is 2.38. The zero-order chi connectivity index (χ0) is 14.1. The Labute approximate surface area is 117 Å². The Morgan fingerprint density at radius 3 is 2.74 bits per heavy atom. The standard InChI is InChI=1S/C12H22N4O2S/c1-3-5-6-10-14-15-11(19-10)13-12(18)16(7-4-2)8-9-17/h17H,3-9H2,1-2H3,(H,13,15,18). The second-order valence-corrected chi connectivity index (χ2v) is 5.31. The SMILES string of the molecule is CCCCc1nnc(NC(=O)N(CCC)CCO)s1. The van der Waals surface area contributed by atoms with Crippen molar-refractivity contribution in [3.63, 3.8) is 0 Å². The number of hydrogen-bond acceptors (Lipinski definition) is 5. The molecular formula is C12H22N4O2S. The minimum absolute atomic E-state index is 0.0364. The molecule has 1 heterocycles. The maximum atomic E-state index is 12.0. The van der Waals surface area contributed by atoms with Gasteiger partial charge < -0.3 is 10.0 Å². The van der Waals surface area contributed by atoms with Crippen molar-refractivity contribution in [3.05, 3.63) is 5.01 Å². The third-order valence-electron chi connectivity index (χ3n) is 2.58. The molecule has 1 aromatic heterocycles. The summed E-state index contributed by atoms with van der Waals surface area (Å²) in [5.41, 5.74) is 0. The number of hydrogen-bond donors (Lipinski definition) is 2. The molecule has 2 amide bonds. The number of aliphatic hydroxyl groups excluding tert-OH is 1. The highest BCUT2D eigenvalue weighted by atomic mass is 32.1. The highest BCUT2D eigenvalue weighted by molar-refractivity contribution is 7.15. The summed E-state index contributed by atoms with van der Waals surface area (Å²) in [6.07, 6.45) is 3.95. The van der Waals surface area contributed by atoms with Crippen LogP contribution in [-0.2, 0) is 6.42 Å². The van der Waals surface area contributed by atoms with Gasteiger partial charge >= 0.3 is 6.03 Å². The zero-order valence-corrected chi connectivity index (χ0v) is 12.4. The van der Waals surface area contributed by atoms with E-state index in [0.29, 0.717) is 18.2 Å². The number of aliphatic hydroxyl groups is 1. The highest BCUT2D eigenvalue weighted by Gasteiger charge is 2.14. The van der Waals surface area contributed by atoms with Crippen LogP contribution in [0.3, 0.4) is 0 Å². The van der Waals surface area contributed by atoms with E-state index in [-0.39, 0.29) is 12.6 Å². The molecule has 108 valence electrons. The molecule has 1 rings (SSSR count). The summed E-state index contributed by atoms with van der Waals surface area (Å²) in [5, 5.41) is 21.1. The van der Waals surface area contributed by atoms with Gasteiger partial charge in [-0.15, -0.1) is 10.2 Å². The quantitative estimate of drug-likeness (QED) is 0.767. The van der Waals surface area contributed by atoms with Crippen molar-refractivity contribution < 1.29 is 9.90 Å². The maximum Gasteiger partial charge on any atom is 0.323 e. The van der Waals surface area contributed by atoms with E-state index in [4.69, 9.17) is 5.11 Å². The molecule has 0 bridgehead atoms. The average molecular weight is 286 g/mol. The number of aryl methyl sites for hydroxylation is 1. The van der Waals surface area contributed by atoms with Gasteiger partial charge in [0.05, 0.1) is 6.61 Å². The van der Waals surface area contributed by atoms with E-state index < -0.39 is 0 Å². The van der Waals surface area contributed by atoms with Gasteiger partial charge in [-0.1, -0.05) is 31.6 Å². The van der Waals surface area contributed by atoms with Crippen LogP contribution in [0.2, 0.25) is 0 Å². The van der Waals surface area contributed by atoms with Crippen LogP contribution in [0.15, 0.2) is 0 Å². The number of nitrogens with zero attached hydrogens (tertiary/aromatic N) is 3. The number of anilines is 1. The van der Waals surface area contributed by atoms with Crippen LogP contribution in [0.5, 0.6) is 0 Å². The Balaban J connectivity index is 2.52. The van der Waals surface area contributed by atoms with E-state index in [9.17, 15) is 4.79 Å². The van der Waals surface area contributed by atoms with Crippen molar-refractivity contribution in [1.29, 1.82) is 0 Å². The lowest BCUT2D eigenvalue weighted by Crippen LogP contribution is -2.37. The Morgan fingerprint density at radius 1 is 1.32 bits per heavy atom. The summed E-state index contributed by atoms with van der Waals surface area (Å²) < 4.78 is 0. The average Bonchev–Trinajstić information content (AvgIpc) is 2.83. The number of carbonyl (C=O) groups is 1. The molecule has 0 saturated heterocycles. The van der Waals surface area contributed by atoms with Gasteiger partial charge in [-0.05, 0) is 12.8 Å². The van der Waals surface area contributed by atoms with Crippen LogP contribution < -0.4 is 5.32 Å². The Bertz CT molecular complexity index is 378. The topological polar surface area (TPSA) is 78.4 Å². The molecule has 2 N–H and O–H groups in total. The van der Waals surface area contributed by atoms with Crippen molar-refractivity contribution in [2.75, 3.05) is 25.0 Å². The van der Waals surface area contributed by atoms with Crippen LogP contribution in [0.4, 0.5) is 9.93 Å².